The normalized spacial score (nSPS) is 18.0. The topological polar surface area (TPSA) is 58.2 Å². The number of piperidine rings is 1. The molecule has 120 valence electrons. The van der Waals surface area contributed by atoms with E-state index in [1.807, 2.05) is 6.92 Å². The maximum absolute atomic E-state index is 13.1. The van der Waals surface area contributed by atoms with Gasteiger partial charge >= 0.3 is 0 Å². The number of sulfonamides is 1. The molecule has 1 aromatic carbocycles. The maximum atomic E-state index is 13.1. The second kappa shape index (κ2) is 7.00. The van der Waals surface area contributed by atoms with Crippen molar-refractivity contribution in [2.24, 2.45) is 5.41 Å². The van der Waals surface area contributed by atoms with Crippen LogP contribution in [0.25, 0.3) is 0 Å². The van der Waals surface area contributed by atoms with E-state index in [-0.39, 0.29) is 29.3 Å². The van der Waals surface area contributed by atoms with Gasteiger partial charge < -0.3 is 5.32 Å². The van der Waals surface area contributed by atoms with E-state index in [1.165, 1.54) is 0 Å². The maximum Gasteiger partial charge on any atom is 0.240 e. The van der Waals surface area contributed by atoms with E-state index in [0.717, 1.165) is 38.1 Å². The fourth-order valence-electron chi connectivity index (χ4n) is 2.20. The predicted octanol–water partition coefficient (Wildman–Crippen LogP) is 2.05. The highest BCUT2D eigenvalue weighted by Gasteiger charge is 2.28. The molecule has 1 aliphatic heterocycles. The van der Waals surface area contributed by atoms with Crippen molar-refractivity contribution in [2.75, 3.05) is 19.6 Å². The smallest absolute Gasteiger partial charge is 0.240 e. The monoisotopic (exact) mass is 340 g/mol. The first-order valence-electron chi connectivity index (χ1n) is 6.48. The average Bonchev–Trinajstić information content (AvgIpc) is 2.41. The fraction of sp³-hybridized carbons (Fsp3) is 0.538. The van der Waals surface area contributed by atoms with Gasteiger partial charge in [0.1, 0.15) is 0 Å². The van der Waals surface area contributed by atoms with E-state index in [0.29, 0.717) is 6.07 Å². The molecule has 2 rings (SSSR count). The predicted molar refractivity (Wildman–Crippen MR) is 79.0 cm³/mol. The van der Waals surface area contributed by atoms with Crippen molar-refractivity contribution in [1.29, 1.82) is 0 Å². The highest BCUT2D eigenvalue weighted by molar-refractivity contribution is 7.89. The number of nitrogens with one attached hydrogen (secondary N) is 2. The van der Waals surface area contributed by atoms with Crippen LogP contribution in [0.1, 0.15) is 19.8 Å². The van der Waals surface area contributed by atoms with Crippen LogP contribution in [0.3, 0.4) is 0 Å². The molecule has 0 amide bonds. The molecule has 1 heterocycles. The lowest BCUT2D eigenvalue weighted by Crippen LogP contribution is -2.42. The molecule has 1 aliphatic rings. The molecule has 0 spiro atoms. The molecule has 0 radical (unpaired) electrons. The van der Waals surface area contributed by atoms with Crippen LogP contribution in [0.15, 0.2) is 23.1 Å². The highest BCUT2D eigenvalue weighted by atomic mass is 35.5. The zero-order chi connectivity index (χ0) is 14.8. The lowest BCUT2D eigenvalue weighted by molar-refractivity contribution is 0.232. The lowest BCUT2D eigenvalue weighted by Gasteiger charge is -2.34. The van der Waals surface area contributed by atoms with Crippen LogP contribution in [0.2, 0.25) is 0 Å². The van der Waals surface area contributed by atoms with Gasteiger partial charge in [-0.05, 0) is 49.5 Å². The van der Waals surface area contributed by atoms with Crippen molar-refractivity contribution < 1.29 is 17.2 Å². The van der Waals surface area contributed by atoms with Crippen molar-refractivity contribution in [2.45, 2.75) is 24.7 Å². The Morgan fingerprint density at radius 1 is 1.24 bits per heavy atom. The summed E-state index contributed by atoms with van der Waals surface area (Å²) in [5.74, 6) is -2.23. The van der Waals surface area contributed by atoms with Gasteiger partial charge in [-0.2, -0.15) is 0 Å². The summed E-state index contributed by atoms with van der Waals surface area (Å²) in [5, 5.41) is 3.21. The van der Waals surface area contributed by atoms with Gasteiger partial charge in [0.2, 0.25) is 10.0 Å². The van der Waals surface area contributed by atoms with Crippen LogP contribution >= 0.6 is 12.4 Å². The minimum Gasteiger partial charge on any atom is -0.317 e. The Labute approximate surface area is 129 Å². The number of halogens is 3. The number of benzene rings is 1. The third-order valence-electron chi connectivity index (χ3n) is 3.70. The molecule has 21 heavy (non-hydrogen) atoms. The Morgan fingerprint density at radius 3 is 2.43 bits per heavy atom. The SMILES string of the molecule is CC1(CNS(=O)(=O)c2ccc(F)c(F)c2)CCNCC1.Cl. The standard InChI is InChI=1S/C13H18F2N2O2S.ClH/c1-13(4-6-16-7-5-13)9-17-20(18,19)10-2-3-11(14)12(15)8-10;/h2-3,8,16-17H,4-7,9H2,1H3;1H. The van der Waals surface area contributed by atoms with E-state index >= 15 is 0 Å². The van der Waals surface area contributed by atoms with Crippen molar-refractivity contribution in [3.63, 3.8) is 0 Å². The molecule has 0 atom stereocenters. The minimum atomic E-state index is -3.81. The number of rotatable bonds is 4. The van der Waals surface area contributed by atoms with Gasteiger partial charge in [-0.15, -0.1) is 12.4 Å². The molecule has 0 aromatic heterocycles. The lowest BCUT2D eigenvalue weighted by atomic mass is 9.81. The van der Waals surface area contributed by atoms with Crippen LogP contribution in [0.5, 0.6) is 0 Å². The first kappa shape index (κ1) is 18.3. The molecule has 0 unspecified atom stereocenters. The first-order valence-corrected chi connectivity index (χ1v) is 7.96. The van der Waals surface area contributed by atoms with E-state index in [1.54, 1.807) is 0 Å². The van der Waals surface area contributed by atoms with Gasteiger partial charge in [-0.3, -0.25) is 0 Å². The Hall–Kier alpha value is -0.760. The zero-order valence-corrected chi connectivity index (χ0v) is 13.3. The van der Waals surface area contributed by atoms with Gasteiger partial charge in [0.15, 0.2) is 11.6 Å². The van der Waals surface area contributed by atoms with Crippen molar-refractivity contribution in [3.05, 3.63) is 29.8 Å². The quantitative estimate of drug-likeness (QED) is 0.882. The first-order chi connectivity index (χ1) is 9.32. The Balaban J connectivity index is 0.00000220. The van der Waals surface area contributed by atoms with Crippen LogP contribution < -0.4 is 10.0 Å². The van der Waals surface area contributed by atoms with Crippen molar-refractivity contribution in [3.8, 4) is 0 Å². The molecular weight excluding hydrogens is 322 g/mol. The molecule has 1 fully saturated rings. The molecule has 0 saturated carbocycles. The van der Waals surface area contributed by atoms with Crippen LogP contribution in [-0.4, -0.2) is 28.1 Å². The third-order valence-corrected chi connectivity index (χ3v) is 5.10. The van der Waals surface area contributed by atoms with Gasteiger partial charge in [-0.1, -0.05) is 6.92 Å². The summed E-state index contributed by atoms with van der Waals surface area (Å²) >= 11 is 0. The van der Waals surface area contributed by atoms with Crippen LogP contribution in [0, 0.1) is 17.0 Å². The Bertz CT molecular complexity index is 590. The van der Waals surface area contributed by atoms with E-state index in [4.69, 9.17) is 0 Å². The largest absolute Gasteiger partial charge is 0.317 e. The third kappa shape index (κ3) is 4.60. The van der Waals surface area contributed by atoms with Gasteiger partial charge in [0, 0.05) is 6.54 Å². The zero-order valence-electron chi connectivity index (χ0n) is 11.7. The Kier molecular flexibility index (Phi) is 6.10. The summed E-state index contributed by atoms with van der Waals surface area (Å²) in [6.07, 6.45) is 1.74. The average molecular weight is 341 g/mol. The van der Waals surface area contributed by atoms with Crippen LogP contribution in [0.4, 0.5) is 8.78 Å². The fourth-order valence-corrected chi connectivity index (χ4v) is 3.41. The van der Waals surface area contributed by atoms with Gasteiger partial charge in [-0.25, -0.2) is 21.9 Å². The molecule has 1 saturated heterocycles. The van der Waals surface area contributed by atoms with E-state index in [2.05, 4.69) is 10.0 Å². The molecule has 0 bridgehead atoms. The van der Waals surface area contributed by atoms with Crippen LogP contribution in [-0.2, 0) is 10.0 Å². The molecule has 4 nitrogen and oxygen atoms in total. The van der Waals surface area contributed by atoms with Gasteiger partial charge in [0.05, 0.1) is 4.90 Å². The molecule has 1 aromatic rings. The van der Waals surface area contributed by atoms with E-state index in [9.17, 15) is 17.2 Å². The van der Waals surface area contributed by atoms with Crippen molar-refractivity contribution >= 4 is 22.4 Å². The summed E-state index contributed by atoms with van der Waals surface area (Å²) in [4.78, 5) is -0.256. The molecule has 0 aliphatic carbocycles. The summed E-state index contributed by atoms with van der Waals surface area (Å²) in [6.45, 7) is 4.00. The Morgan fingerprint density at radius 2 is 1.86 bits per heavy atom. The summed E-state index contributed by atoms with van der Waals surface area (Å²) < 4.78 is 52.5. The number of hydrogen-bond donors (Lipinski definition) is 2. The van der Waals surface area contributed by atoms with Gasteiger partial charge in [0.25, 0.3) is 0 Å². The second-order valence-corrected chi connectivity index (χ2v) is 7.23. The summed E-state index contributed by atoms with van der Waals surface area (Å²) in [5.41, 5.74) is -0.114. The molecule has 2 N–H and O–H groups in total. The molecular formula is C13H19ClF2N2O2S. The highest BCUT2D eigenvalue weighted by Crippen LogP contribution is 2.27. The number of hydrogen-bond acceptors (Lipinski definition) is 3. The summed E-state index contributed by atoms with van der Waals surface area (Å²) in [7, 11) is -3.81. The molecule has 8 heteroatoms. The minimum absolute atomic E-state index is 0. The summed E-state index contributed by atoms with van der Waals surface area (Å²) in [6, 6.07) is 2.57. The van der Waals surface area contributed by atoms with E-state index < -0.39 is 21.7 Å². The van der Waals surface area contributed by atoms with Crippen molar-refractivity contribution in [1.82, 2.24) is 10.0 Å². The second-order valence-electron chi connectivity index (χ2n) is 5.46.